The van der Waals surface area contributed by atoms with Gasteiger partial charge in [0.25, 0.3) is 0 Å². The van der Waals surface area contributed by atoms with E-state index in [1.54, 1.807) is 21.3 Å². The Kier molecular flexibility index (Phi) is 5.58. The quantitative estimate of drug-likeness (QED) is 0.584. The van der Waals surface area contributed by atoms with Gasteiger partial charge in [-0.05, 0) is 0 Å². The molecule has 0 radical (unpaired) electrons. The first-order valence-corrected chi connectivity index (χ1v) is 13.1. The molecule has 0 fully saturated rings. The summed E-state index contributed by atoms with van der Waals surface area (Å²) in [7, 11) is 5.18. The first-order chi connectivity index (χ1) is 12.7. The van der Waals surface area contributed by atoms with Crippen molar-refractivity contribution >= 4 is 26.6 Å². The maximum absolute atomic E-state index is 5.74. The molecule has 0 unspecified atom stereocenters. The number of rotatable bonds is 6. The molecule has 0 spiro atoms. The Bertz CT molecular complexity index is 776. The van der Waals surface area contributed by atoms with E-state index in [-0.39, 0.29) is 0 Å². The summed E-state index contributed by atoms with van der Waals surface area (Å²) in [6, 6.07) is 24.8. The van der Waals surface area contributed by atoms with E-state index in [0.29, 0.717) is 0 Å². The van der Waals surface area contributed by atoms with E-state index < -0.39 is 13.6 Å². The van der Waals surface area contributed by atoms with Crippen molar-refractivity contribution in [2.24, 2.45) is 0 Å². The molecule has 0 heterocycles. The van der Waals surface area contributed by atoms with Gasteiger partial charge in [-0.2, -0.15) is 0 Å². The molecule has 0 saturated carbocycles. The molecule has 4 heteroatoms. The Morgan fingerprint density at radius 3 is 1.04 bits per heavy atom. The van der Waals surface area contributed by atoms with Crippen LogP contribution < -0.4 is 27.3 Å². The van der Waals surface area contributed by atoms with Crippen molar-refractivity contribution in [3.05, 3.63) is 72.8 Å². The Morgan fingerprint density at radius 2 is 0.769 bits per heavy atom. The van der Waals surface area contributed by atoms with E-state index in [4.69, 9.17) is 14.2 Å². The van der Waals surface area contributed by atoms with Crippen LogP contribution in [-0.2, 0) is 0 Å². The van der Waals surface area contributed by atoms with Crippen LogP contribution in [0.4, 0.5) is 0 Å². The van der Waals surface area contributed by atoms with Gasteiger partial charge in [0.15, 0.2) is 0 Å². The molecule has 3 aromatic carbocycles. The van der Waals surface area contributed by atoms with Crippen molar-refractivity contribution in [2.75, 3.05) is 21.3 Å². The van der Waals surface area contributed by atoms with Crippen LogP contribution in [0.5, 0.6) is 17.2 Å². The van der Waals surface area contributed by atoms with Crippen molar-refractivity contribution in [1.82, 2.24) is 0 Å². The molecule has 0 aromatic heterocycles. The Morgan fingerprint density at radius 1 is 0.500 bits per heavy atom. The number of para-hydroxylation sites is 3. The summed E-state index contributed by atoms with van der Waals surface area (Å²) in [5, 5.41) is 0. The third-order valence-electron chi connectivity index (χ3n) is 4.70. The Hall–Kier alpha value is -2.38. The van der Waals surface area contributed by atoms with Crippen molar-refractivity contribution < 1.29 is 14.2 Å². The summed E-state index contributed by atoms with van der Waals surface area (Å²) < 4.78 is 20.9. The van der Waals surface area contributed by atoms with Gasteiger partial charge in [-0.15, -0.1) is 0 Å². The molecule has 0 saturated heterocycles. The van der Waals surface area contributed by atoms with E-state index in [1.165, 1.54) is 13.1 Å². The third kappa shape index (κ3) is 3.08. The summed E-state index contributed by atoms with van der Waals surface area (Å²) in [5.74, 6) is 2.71. The molecule has 0 aliphatic carbocycles. The molecule has 3 nitrogen and oxygen atoms in total. The zero-order valence-electron chi connectivity index (χ0n) is 15.6. The van der Waals surface area contributed by atoms with Gasteiger partial charge in [-0.3, -0.25) is 0 Å². The number of methoxy groups -OCH3 is 3. The summed E-state index contributed by atoms with van der Waals surface area (Å²) in [6.07, 6.45) is 0. The van der Waals surface area contributed by atoms with Crippen LogP contribution in [0.1, 0.15) is 0 Å². The fourth-order valence-electron chi connectivity index (χ4n) is 3.39. The van der Waals surface area contributed by atoms with Crippen LogP contribution in [0.2, 0.25) is 5.71 Å². The molecule has 0 bridgehead atoms. The summed E-state index contributed by atoms with van der Waals surface area (Å²) in [6.45, 7) is 0. The SMILES string of the molecule is COc1ccccc1[As+](C)(c1ccccc1OC)c1ccccc1OC. The van der Waals surface area contributed by atoms with Crippen molar-refractivity contribution in [3.63, 3.8) is 0 Å². The predicted octanol–water partition coefficient (Wildman–Crippen LogP) is 2.81. The minimum atomic E-state index is -2.91. The van der Waals surface area contributed by atoms with Gasteiger partial charge in [0.05, 0.1) is 0 Å². The van der Waals surface area contributed by atoms with Gasteiger partial charge in [0.1, 0.15) is 0 Å². The number of hydrogen-bond donors (Lipinski definition) is 0. The van der Waals surface area contributed by atoms with Crippen LogP contribution in [0, 0.1) is 0 Å². The second-order valence-electron chi connectivity index (χ2n) is 6.02. The molecule has 0 aliphatic rings. The molecule has 0 aliphatic heterocycles. The van der Waals surface area contributed by atoms with Gasteiger partial charge in [0.2, 0.25) is 0 Å². The summed E-state index contributed by atoms with van der Waals surface area (Å²) in [5.41, 5.74) is 2.35. The Balaban J connectivity index is 2.40. The molecular weight excluding hydrogens is 387 g/mol. The van der Waals surface area contributed by atoms with Crippen LogP contribution >= 0.6 is 0 Å². The first kappa shape index (κ1) is 18.4. The van der Waals surface area contributed by atoms with E-state index >= 15 is 0 Å². The number of benzene rings is 3. The molecular formula is C22H24AsO3+. The molecule has 0 N–H and O–H groups in total. The summed E-state index contributed by atoms with van der Waals surface area (Å²) >= 11 is -2.91. The van der Waals surface area contributed by atoms with Crippen molar-refractivity contribution in [2.45, 2.75) is 5.71 Å². The van der Waals surface area contributed by atoms with Crippen molar-refractivity contribution in [1.29, 1.82) is 0 Å². The zero-order valence-corrected chi connectivity index (χ0v) is 17.5. The van der Waals surface area contributed by atoms with E-state index in [1.807, 2.05) is 36.4 Å². The van der Waals surface area contributed by atoms with E-state index in [9.17, 15) is 0 Å². The number of hydrogen-bond acceptors (Lipinski definition) is 3. The van der Waals surface area contributed by atoms with Crippen molar-refractivity contribution in [3.8, 4) is 17.2 Å². The van der Waals surface area contributed by atoms with Gasteiger partial charge in [0, 0.05) is 0 Å². The zero-order chi connectivity index (χ0) is 18.6. The maximum atomic E-state index is 5.74. The monoisotopic (exact) mass is 411 g/mol. The Labute approximate surface area is 158 Å². The number of ether oxygens (including phenoxy) is 3. The molecule has 3 aromatic rings. The fraction of sp³-hybridized carbons (Fsp3) is 0.182. The topological polar surface area (TPSA) is 27.7 Å². The average molecular weight is 411 g/mol. The molecule has 3 rings (SSSR count). The van der Waals surface area contributed by atoms with E-state index in [2.05, 4.69) is 42.1 Å². The van der Waals surface area contributed by atoms with Gasteiger partial charge >= 0.3 is 158 Å². The van der Waals surface area contributed by atoms with Gasteiger partial charge in [-0.25, -0.2) is 0 Å². The van der Waals surface area contributed by atoms with Crippen LogP contribution in [0.3, 0.4) is 0 Å². The molecule has 0 atom stereocenters. The standard InChI is InChI=1S/C22H24AsO3/c1-23(17-11-5-8-14-20(17)24-2,18-12-6-9-15-21(18)25-3)19-13-7-10-16-22(19)26-4/h5-16H,1-4H3/q+1. The van der Waals surface area contributed by atoms with E-state index in [0.717, 1.165) is 17.2 Å². The third-order valence-corrected chi connectivity index (χ3v) is 13.1. The van der Waals surface area contributed by atoms with Gasteiger partial charge < -0.3 is 0 Å². The predicted molar refractivity (Wildman–Crippen MR) is 110 cm³/mol. The molecule has 26 heavy (non-hydrogen) atoms. The molecule has 0 amide bonds. The van der Waals surface area contributed by atoms with Crippen LogP contribution in [0.15, 0.2) is 72.8 Å². The van der Waals surface area contributed by atoms with Gasteiger partial charge in [-0.1, -0.05) is 0 Å². The summed E-state index contributed by atoms with van der Waals surface area (Å²) in [4.78, 5) is 0. The second kappa shape index (κ2) is 7.88. The normalized spacial score (nSPS) is 11.1. The first-order valence-electron chi connectivity index (χ1n) is 8.44. The van der Waals surface area contributed by atoms with Crippen LogP contribution in [0.25, 0.3) is 0 Å². The van der Waals surface area contributed by atoms with Crippen LogP contribution in [-0.4, -0.2) is 34.9 Å². The molecule has 134 valence electrons. The average Bonchev–Trinajstić information content (AvgIpc) is 2.73. The second-order valence-corrected chi connectivity index (χ2v) is 13.3. The minimum absolute atomic E-state index is 0.902. The fourth-order valence-corrected chi connectivity index (χ4v) is 11.3.